The van der Waals surface area contributed by atoms with E-state index in [1.807, 2.05) is 0 Å². The van der Waals surface area contributed by atoms with Crippen molar-refractivity contribution in [2.75, 3.05) is 0 Å². The molecule has 1 aliphatic carbocycles. The first-order valence-corrected chi connectivity index (χ1v) is 4.68. The van der Waals surface area contributed by atoms with Crippen molar-refractivity contribution in [3.8, 4) is 0 Å². The van der Waals surface area contributed by atoms with Crippen molar-refractivity contribution in [2.24, 2.45) is 10.7 Å². The standard InChI is InChI=1S/C8H11BrN2O/c9-8(6(4-10)5-12)11-7-2-1-3-7/h4-5,7H,1-3,10H2. The molecule has 0 aromatic rings. The largest absolute Gasteiger partial charge is 0.404 e. The van der Waals surface area contributed by atoms with E-state index in [1.165, 1.54) is 12.6 Å². The molecule has 3 nitrogen and oxygen atoms in total. The first-order chi connectivity index (χ1) is 5.77. The number of hydrogen-bond acceptors (Lipinski definition) is 3. The maximum absolute atomic E-state index is 10.4. The second-order valence-corrected chi connectivity index (χ2v) is 3.50. The minimum Gasteiger partial charge on any atom is -0.404 e. The van der Waals surface area contributed by atoms with Crippen LogP contribution < -0.4 is 5.73 Å². The van der Waals surface area contributed by atoms with Gasteiger partial charge >= 0.3 is 0 Å². The number of nitrogens with two attached hydrogens (primary N) is 1. The van der Waals surface area contributed by atoms with Gasteiger partial charge in [0, 0.05) is 6.20 Å². The first kappa shape index (κ1) is 9.45. The summed E-state index contributed by atoms with van der Waals surface area (Å²) in [6.07, 6.45) is 5.43. The molecule has 0 spiro atoms. The topological polar surface area (TPSA) is 55.5 Å². The number of halogens is 1. The van der Waals surface area contributed by atoms with E-state index in [4.69, 9.17) is 5.73 Å². The molecule has 0 saturated heterocycles. The molecule has 0 unspecified atom stereocenters. The Hall–Kier alpha value is -0.640. The smallest absolute Gasteiger partial charge is 0.154 e. The van der Waals surface area contributed by atoms with Gasteiger partial charge < -0.3 is 5.73 Å². The highest BCUT2D eigenvalue weighted by Crippen LogP contribution is 2.23. The van der Waals surface area contributed by atoms with Crippen LogP contribution in [-0.2, 0) is 4.79 Å². The van der Waals surface area contributed by atoms with Crippen LogP contribution in [0.4, 0.5) is 0 Å². The van der Waals surface area contributed by atoms with Gasteiger partial charge in [-0.25, -0.2) is 0 Å². The monoisotopic (exact) mass is 230 g/mol. The zero-order valence-electron chi connectivity index (χ0n) is 6.66. The molecule has 1 rings (SSSR count). The van der Waals surface area contributed by atoms with Gasteiger partial charge in [-0.2, -0.15) is 0 Å². The second kappa shape index (κ2) is 4.40. The van der Waals surface area contributed by atoms with Gasteiger partial charge in [0.25, 0.3) is 0 Å². The highest BCUT2D eigenvalue weighted by Gasteiger charge is 2.17. The summed E-state index contributed by atoms with van der Waals surface area (Å²) in [5.74, 6) is 0. The maximum atomic E-state index is 10.4. The lowest BCUT2D eigenvalue weighted by Gasteiger charge is -2.21. The number of nitrogens with zero attached hydrogens (tertiary/aromatic N) is 1. The van der Waals surface area contributed by atoms with E-state index >= 15 is 0 Å². The normalized spacial score (nSPS) is 20.4. The van der Waals surface area contributed by atoms with Crippen molar-refractivity contribution in [2.45, 2.75) is 25.3 Å². The number of aldehydes is 1. The fourth-order valence-electron chi connectivity index (χ4n) is 0.907. The zero-order chi connectivity index (χ0) is 8.97. The van der Waals surface area contributed by atoms with Crippen molar-refractivity contribution in [1.29, 1.82) is 0 Å². The molecule has 1 saturated carbocycles. The van der Waals surface area contributed by atoms with E-state index in [2.05, 4.69) is 20.9 Å². The highest BCUT2D eigenvalue weighted by atomic mass is 79.9. The summed E-state index contributed by atoms with van der Waals surface area (Å²) < 4.78 is 0.574. The van der Waals surface area contributed by atoms with Gasteiger partial charge in [-0.15, -0.1) is 0 Å². The minimum atomic E-state index is 0.384. The van der Waals surface area contributed by atoms with E-state index in [0.29, 0.717) is 22.5 Å². The summed E-state index contributed by atoms with van der Waals surface area (Å²) in [5.41, 5.74) is 5.63. The van der Waals surface area contributed by atoms with Crippen LogP contribution in [0.25, 0.3) is 0 Å². The third-order valence-electron chi connectivity index (χ3n) is 1.92. The van der Waals surface area contributed by atoms with Crippen LogP contribution in [0.3, 0.4) is 0 Å². The van der Waals surface area contributed by atoms with Crippen molar-refractivity contribution < 1.29 is 4.79 Å². The van der Waals surface area contributed by atoms with Gasteiger partial charge in [-0.1, -0.05) is 0 Å². The van der Waals surface area contributed by atoms with E-state index in [0.717, 1.165) is 12.8 Å². The Morgan fingerprint density at radius 2 is 2.25 bits per heavy atom. The summed E-state index contributed by atoms with van der Waals surface area (Å²) in [4.78, 5) is 14.7. The average Bonchev–Trinajstić information content (AvgIpc) is 1.99. The summed E-state index contributed by atoms with van der Waals surface area (Å²) in [7, 11) is 0. The molecule has 2 N–H and O–H groups in total. The molecule has 4 heteroatoms. The molecule has 66 valence electrons. The van der Waals surface area contributed by atoms with Crippen LogP contribution in [-0.4, -0.2) is 16.9 Å². The van der Waals surface area contributed by atoms with Crippen molar-refractivity contribution in [3.63, 3.8) is 0 Å². The quantitative estimate of drug-likeness (QED) is 0.453. The summed E-state index contributed by atoms with van der Waals surface area (Å²) in [6.45, 7) is 0. The van der Waals surface area contributed by atoms with Crippen LogP contribution in [0, 0.1) is 0 Å². The van der Waals surface area contributed by atoms with Crippen molar-refractivity contribution in [3.05, 3.63) is 11.8 Å². The molecular formula is C8H11BrN2O. The first-order valence-electron chi connectivity index (χ1n) is 3.88. The number of aliphatic imine (C=N–C) groups is 1. The Labute approximate surface area is 79.9 Å². The van der Waals surface area contributed by atoms with Crippen molar-refractivity contribution >= 4 is 26.8 Å². The number of carbonyl (C=O) groups is 1. The lowest BCUT2D eigenvalue weighted by molar-refractivity contribution is -0.104. The molecule has 1 aliphatic rings. The van der Waals surface area contributed by atoms with Gasteiger partial charge in [0.2, 0.25) is 0 Å². The molecule has 0 radical (unpaired) electrons. The van der Waals surface area contributed by atoms with Crippen LogP contribution in [0.1, 0.15) is 19.3 Å². The molecule has 12 heavy (non-hydrogen) atoms. The molecule has 0 amide bonds. The third kappa shape index (κ3) is 2.17. The minimum absolute atomic E-state index is 0.384. The molecule has 0 aromatic carbocycles. The molecule has 0 heterocycles. The highest BCUT2D eigenvalue weighted by molar-refractivity contribution is 9.18. The number of rotatable bonds is 3. The van der Waals surface area contributed by atoms with E-state index in [-0.39, 0.29) is 0 Å². The number of carbonyl (C=O) groups excluding carboxylic acids is 1. The average molecular weight is 231 g/mol. The Kier molecular flexibility index (Phi) is 3.47. The Morgan fingerprint density at radius 1 is 1.58 bits per heavy atom. The molecule has 0 aromatic heterocycles. The lowest BCUT2D eigenvalue weighted by Crippen LogP contribution is -2.16. The Morgan fingerprint density at radius 3 is 2.58 bits per heavy atom. The molecule has 0 bridgehead atoms. The van der Waals surface area contributed by atoms with Gasteiger partial charge in [-0.05, 0) is 35.2 Å². The van der Waals surface area contributed by atoms with Gasteiger partial charge in [-0.3, -0.25) is 9.79 Å². The molecule has 0 aliphatic heterocycles. The second-order valence-electron chi connectivity index (χ2n) is 2.74. The summed E-state index contributed by atoms with van der Waals surface area (Å²) >= 11 is 3.21. The van der Waals surface area contributed by atoms with Gasteiger partial charge in [0.15, 0.2) is 6.29 Å². The fourth-order valence-corrected chi connectivity index (χ4v) is 1.42. The van der Waals surface area contributed by atoms with Gasteiger partial charge in [0.05, 0.1) is 11.6 Å². The third-order valence-corrected chi connectivity index (χ3v) is 2.58. The molecule has 1 fully saturated rings. The molecule has 0 atom stereocenters. The van der Waals surface area contributed by atoms with Crippen LogP contribution in [0.15, 0.2) is 16.8 Å². The SMILES string of the molecule is NC=C(C=O)C(Br)=NC1CCC1. The fraction of sp³-hybridized carbons (Fsp3) is 0.500. The predicted octanol–water partition coefficient (Wildman–Crippen LogP) is 1.37. The molecular weight excluding hydrogens is 220 g/mol. The lowest BCUT2D eigenvalue weighted by atomic mass is 9.94. The predicted molar refractivity (Wildman–Crippen MR) is 52.3 cm³/mol. The zero-order valence-corrected chi connectivity index (χ0v) is 8.25. The van der Waals surface area contributed by atoms with Crippen LogP contribution in [0.2, 0.25) is 0 Å². The van der Waals surface area contributed by atoms with Crippen molar-refractivity contribution in [1.82, 2.24) is 0 Å². The number of allylic oxidation sites excluding steroid dienone is 1. The van der Waals surface area contributed by atoms with Crippen LogP contribution in [0.5, 0.6) is 0 Å². The van der Waals surface area contributed by atoms with E-state index in [9.17, 15) is 4.79 Å². The number of hydrogen-bond donors (Lipinski definition) is 1. The van der Waals surface area contributed by atoms with E-state index < -0.39 is 0 Å². The Balaban J connectivity index is 2.59. The van der Waals surface area contributed by atoms with Gasteiger partial charge in [0.1, 0.15) is 4.62 Å². The maximum Gasteiger partial charge on any atom is 0.154 e. The Bertz CT molecular complexity index is 231. The summed E-state index contributed by atoms with van der Waals surface area (Å²) in [5, 5.41) is 0. The summed E-state index contributed by atoms with van der Waals surface area (Å²) in [6, 6.07) is 0.384. The van der Waals surface area contributed by atoms with E-state index in [1.54, 1.807) is 0 Å². The van der Waals surface area contributed by atoms with Crippen LogP contribution >= 0.6 is 15.9 Å².